The van der Waals surface area contributed by atoms with Crippen LogP contribution in [-0.2, 0) is 6.54 Å². The van der Waals surface area contributed by atoms with Gasteiger partial charge in [0.15, 0.2) is 0 Å². The van der Waals surface area contributed by atoms with Crippen molar-refractivity contribution in [2.24, 2.45) is 0 Å². The van der Waals surface area contributed by atoms with Crippen LogP contribution in [0.4, 0.5) is 0 Å². The van der Waals surface area contributed by atoms with Gasteiger partial charge >= 0.3 is 0 Å². The summed E-state index contributed by atoms with van der Waals surface area (Å²) in [6.07, 6.45) is 1.14. The topological polar surface area (TPSA) is 12.0 Å². The first-order valence-corrected chi connectivity index (χ1v) is 6.24. The molecule has 84 valence electrons. The fraction of sp³-hybridized carbons (Fsp3) is 0.538. The fourth-order valence-corrected chi connectivity index (χ4v) is 1.64. The second kappa shape index (κ2) is 5.13. The average Bonchev–Trinajstić information content (AvgIpc) is 2.20. The van der Waals surface area contributed by atoms with Crippen LogP contribution in [-0.4, -0.2) is 5.54 Å². The van der Waals surface area contributed by atoms with E-state index in [0.717, 1.165) is 13.0 Å². The van der Waals surface area contributed by atoms with Gasteiger partial charge in [-0.15, -0.1) is 0 Å². The Morgan fingerprint density at radius 1 is 1.33 bits per heavy atom. The molecule has 1 nitrogen and oxygen atoms in total. The second-order valence-electron chi connectivity index (χ2n) is 4.67. The summed E-state index contributed by atoms with van der Waals surface area (Å²) in [5.41, 5.74) is 2.83. The maximum atomic E-state index is 3.56. The van der Waals surface area contributed by atoms with E-state index in [4.69, 9.17) is 0 Å². The van der Waals surface area contributed by atoms with Crippen LogP contribution in [0.2, 0.25) is 0 Å². The zero-order valence-corrected chi connectivity index (χ0v) is 11.6. The van der Waals surface area contributed by atoms with Gasteiger partial charge in [-0.2, -0.15) is 0 Å². The zero-order valence-electron chi connectivity index (χ0n) is 10.0. The van der Waals surface area contributed by atoms with Crippen molar-refractivity contribution < 1.29 is 0 Å². The number of rotatable bonds is 4. The highest BCUT2D eigenvalue weighted by Gasteiger charge is 2.13. The highest BCUT2D eigenvalue weighted by molar-refractivity contribution is 9.10. The van der Waals surface area contributed by atoms with Crippen molar-refractivity contribution in [2.45, 2.75) is 46.2 Å². The number of hydrogen-bond donors (Lipinski definition) is 1. The van der Waals surface area contributed by atoms with Gasteiger partial charge < -0.3 is 5.32 Å². The molecule has 0 atom stereocenters. The van der Waals surface area contributed by atoms with Crippen molar-refractivity contribution in [1.29, 1.82) is 0 Å². The van der Waals surface area contributed by atoms with Gasteiger partial charge in [-0.1, -0.05) is 35.0 Å². The van der Waals surface area contributed by atoms with Crippen LogP contribution in [0.15, 0.2) is 22.7 Å². The maximum Gasteiger partial charge on any atom is 0.0210 e. The van der Waals surface area contributed by atoms with E-state index in [9.17, 15) is 0 Å². The minimum Gasteiger partial charge on any atom is -0.308 e. The highest BCUT2D eigenvalue weighted by Crippen LogP contribution is 2.18. The third-order valence-electron chi connectivity index (χ3n) is 2.89. The van der Waals surface area contributed by atoms with Gasteiger partial charge in [0.25, 0.3) is 0 Å². The van der Waals surface area contributed by atoms with E-state index < -0.39 is 0 Å². The molecule has 15 heavy (non-hydrogen) atoms. The molecule has 0 aromatic heterocycles. The molecule has 0 saturated heterocycles. The summed E-state index contributed by atoms with van der Waals surface area (Å²) in [4.78, 5) is 0. The summed E-state index contributed by atoms with van der Waals surface area (Å²) in [5.74, 6) is 0. The molecule has 0 unspecified atom stereocenters. The van der Waals surface area contributed by atoms with Crippen molar-refractivity contribution in [2.75, 3.05) is 0 Å². The zero-order chi connectivity index (χ0) is 11.5. The molecule has 0 aliphatic heterocycles. The maximum absolute atomic E-state index is 3.56. The number of nitrogens with one attached hydrogen (secondary N) is 1. The summed E-state index contributed by atoms with van der Waals surface area (Å²) in [6, 6.07) is 6.52. The molecule has 0 aliphatic rings. The molecule has 0 amide bonds. The molecule has 0 radical (unpaired) electrons. The van der Waals surface area contributed by atoms with Crippen molar-refractivity contribution in [3.63, 3.8) is 0 Å². The smallest absolute Gasteiger partial charge is 0.0210 e. The lowest BCUT2D eigenvalue weighted by Crippen LogP contribution is -2.37. The van der Waals surface area contributed by atoms with Crippen molar-refractivity contribution >= 4 is 15.9 Å². The van der Waals surface area contributed by atoms with Crippen LogP contribution in [0, 0.1) is 6.92 Å². The Bertz CT molecular complexity index is 331. The van der Waals surface area contributed by atoms with Gasteiger partial charge in [0.1, 0.15) is 0 Å². The Labute approximate surface area is 101 Å². The summed E-state index contributed by atoms with van der Waals surface area (Å²) < 4.78 is 1.19. The number of benzene rings is 1. The van der Waals surface area contributed by atoms with Crippen LogP contribution in [0.5, 0.6) is 0 Å². The largest absolute Gasteiger partial charge is 0.308 e. The summed E-state index contributed by atoms with van der Waals surface area (Å²) >= 11 is 3.56. The van der Waals surface area contributed by atoms with Gasteiger partial charge in [0.05, 0.1) is 0 Å². The lowest BCUT2D eigenvalue weighted by atomic mass is 10.0. The Morgan fingerprint density at radius 2 is 2.00 bits per heavy atom. The summed E-state index contributed by atoms with van der Waals surface area (Å²) in [7, 11) is 0. The van der Waals surface area contributed by atoms with E-state index in [1.165, 1.54) is 15.6 Å². The molecule has 0 aliphatic carbocycles. The molecule has 0 heterocycles. The Balaban J connectivity index is 2.62. The third-order valence-corrected chi connectivity index (χ3v) is 3.75. The van der Waals surface area contributed by atoms with Crippen LogP contribution in [0.1, 0.15) is 38.3 Å². The second-order valence-corrected chi connectivity index (χ2v) is 5.53. The first-order valence-electron chi connectivity index (χ1n) is 5.44. The van der Waals surface area contributed by atoms with E-state index in [1.54, 1.807) is 0 Å². The first-order chi connectivity index (χ1) is 6.94. The molecule has 0 saturated carbocycles. The number of halogens is 1. The van der Waals surface area contributed by atoms with E-state index in [-0.39, 0.29) is 5.54 Å². The van der Waals surface area contributed by atoms with E-state index >= 15 is 0 Å². The molecule has 0 spiro atoms. The van der Waals surface area contributed by atoms with Gasteiger partial charge in [0, 0.05) is 16.6 Å². The molecule has 2 heteroatoms. The van der Waals surface area contributed by atoms with Gasteiger partial charge in [-0.3, -0.25) is 0 Å². The first kappa shape index (κ1) is 12.7. The molecule has 1 aromatic rings. The summed E-state index contributed by atoms with van der Waals surface area (Å²) in [6.45, 7) is 9.71. The quantitative estimate of drug-likeness (QED) is 0.870. The normalized spacial score (nSPS) is 11.8. The lowest BCUT2D eigenvalue weighted by Gasteiger charge is -2.24. The predicted octanol–water partition coefficient (Wildman–Crippen LogP) is 4.04. The van der Waals surface area contributed by atoms with Crippen LogP contribution >= 0.6 is 15.9 Å². The van der Waals surface area contributed by atoms with Crippen LogP contribution < -0.4 is 5.32 Å². The minimum absolute atomic E-state index is 0.220. The third kappa shape index (κ3) is 3.96. The molecule has 1 N–H and O–H groups in total. The Kier molecular flexibility index (Phi) is 4.35. The van der Waals surface area contributed by atoms with Gasteiger partial charge in [0.2, 0.25) is 0 Å². The van der Waals surface area contributed by atoms with Gasteiger partial charge in [-0.05, 0) is 44.4 Å². The molecular formula is C13H20BrN. The molecule has 0 bridgehead atoms. The Hall–Kier alpha value is -0.340. The molecule has 1 rings (SSSR count). The predicted molar refractivity (Wildman–Crippen MR) is 70.1 cm³/mol. The van der Waals surface area contributed by atoms with E-state index in [1.807, 2.05) is 0 Å². The number of aryl methyl sites for hydroxylation is 1. The summed E-state index contributed by atoms with van der Waals surface area (Å²) in [5, 5.41) is 3.55. The highest BCUT2D eigenvalue weighted by atomic mass is 79.9. The van der Waals surface area contributed by atoms with Crippen LogP contribution in [0.3, 0.4) is 0 Å². The van der Waals surface area contributed by atoms with Crippen molar-refractivity contribution in [1.82, 2.24) is 5.32 Å². The molecule has 0 fully saturated rings. The number of hydrogen-bond acceptors (Lipinski definition) is 1. The van der Waals surface area contributed by atoms with Gasteiger partial charge in [-0.25, -0.2) is 0 Å². The van der Waals surface area contributed by atoms with Crippen molar-refractivity contribution in [3.05, 3.63) is 33.8 Å². The van der Waals surface area contributed by atoms with Crippen LogP contribution in [0.25, 0.3) is 0 Å². The molecule has 1 aromatic carbocycles. The molecular weight excluding hydrogens is 250 g/mol. The fourth-order valence-electron chi connectivity index (χ4n) is 1.21. The minimum atomic E-state index is 0.220. The van der Waals surface area contributed by atoms with E-state index in [0.29, 0.717) is 0 Å². The lowest BCUT2D eigenvalue weighted by molar-refractivity contribution is 0.374. The monoisotopic (exact) mass is 269 g/mol. The SMILES string of the molecule is CCC(C)(C)NCc1ccc(C)c(Br)c1. The standard InChI is InChI=1S/C13H20BrN/c1-5-13(3,4)15-9-11-7-6-10(2)12(14)8-11/h6-8,15H,5,9H2,1-4H3. The van der Waals surface area contributed by atoms with Crippen molar-refractivity contribution in [3.8, 4) is 0 Å². The average molecular weight is 270 g/mol. The van der Waals surface area contributed by atoms with E-state index in [2.05, 4.69) is 67.1 Å². The Morgan fingerprint density at radius 3 is 2.53 bits per heavy atom.